The molecule has 41 heavy (non-hydrogen) atoms. The third kappa shape index (κ3) is 9.35. The Hall–Kier alpha value is -3.32. The number of esters is 1. The van der Waals surface area contributed by atoms with E-state index < -0.39 is 41.8 Å². The number of amides is 3. The summed E-state index contributed by atoms with van der Waals surface area (Å²) in [5, 5.41) is 32.9. The van der Waals surface area contributed by atoms with E-state index >= 15 is 0 Å². The fourth-order valence-electron chi connectivity index (χ4n) is 4.16. The molecule has 0 bridgehead atoms. The van der Waals surface area contributed by atoms with Crippen LogP contribution in [0.4, 0.5) is 0 Å². The lowest BCUT2D eigenvalue weighted by Gasteiger charge is -2.35. The van der Waals surface area contributed by atoms with Gasteiger partial charge in [0.15, 0.2) is 0 Å². The fourth-order valence-corrected chi connectivity index (χ4v) is 4.16. The molecule has 3 rings (SSSR count). The Morgan fingerprint density at radius 3 is 2.44 bits per heavy atom. The average Bonchev–Trinajstić information content (AvgIpc) is 3.24. The predicted molar refractivity (Wildman–Crippen MR) is 145 cm³/mol. The minimum absolute atomic E-state index is 0.0503. The highest BCUT2D eigenvalue weighted by molar-refractivity contribution is 6.13. The van der Waals surface area contributed by atoms with Crippen LogP contribution in [-0.2, 0) is 41.7 Å². The van der Waals surface area contributed by atoms with Gasteiger partial charge in [0.05, 0.1) is 12.0 Å². The van der Waals surface area contributed by atoms with E-state index in [1.54, 1.807) is 32.9 Å². The van der Waals surface area contributed by atoms with E-state index in [1.165, 1.54) is 12.2 Å². The highest BCUT2D eigenvalue weighted by Gasteiger charge is 2.39. The number of rotatable bonds is 13. The number of carbonyl (C=O) groups is 4. The van der Waals surface area contributed by atoms with E-state index in [2.05, 4.69) is 5.32 Å². The predicted octanol–water partition coefficient (Wildman–Crippen LogP) is 0.738. The van der Waals surface area contributed by atoms with Crippen LogP contribution in [-0.4, -0.2) is 88.2 Å². The van der Waals surface area contributed by atoms with Gasteiger partial charge < -0.3 is 34.8 Å². The summed E-state index contributed by atoms with van der Waals surface area (Å²) in [5.74, 6) is -1.11. The lowest BCUT2D eigenvalue weighted by molar-refractivity contribution is -0.242. The smallest absolute Gasteiger partial charge is 0.311 e. The number of hydrogen-bond donors (Lipinski definition) is 4. The molecule has 226 valence electrons. The summed E-state index contributed by atoms with van der Waals surface area (Å²) in [4.78, 5) is 48.4. The van der Waals surface area contributed by atoms with Crippen molar-refractivity contribution in [3.05, 3.63) is 41.5 Å². The number of aryl methyl sites for hydroxylation is 1. The molecule has 1 saturated heterocycles. The second kappa shape index (κ2) is 14.5. The molecule has 1 fully saturated rings. The first-order valence-corrected chi connectivity index (χ1v) is 13.8. The third-order valence-corrected chi connectivity index (χ3v) is 6.73. The van der Waals surface area contributed by atoms with E-state index in [0.717, 1.165) is 29.7 Å². The molecular formula is C29H40N2O10. The van der Waals surface area contributed by atoms with Gasteiger partial charge in [-0.1, -0.05) is 18.6 Å². The van der Waals surface area contributed by atoms with Crippen molar-refractivity contribution in [2.24, 2.45) is 5.41 Å². The van der Waals surface area contributed by atoms with Crippen LogP contribution in [0.25, 0.3) is 0 Å². The second-order valence-corrected chi connectivity index (χ2v) is 11.2. The summed E-state index contributed by atoms with van der Waals surface area (Å²) >= 11 is 0. The molecule has 0 aliphatic carbocycles. The van der Waals surface area contributed by atoms with Crippen LogP contribution >= 0.6 is 0 Å². The maximum atomic E-state index is 12.3. The van der Waals surface area contributed by atoms with E-state index in [4.69, 9.17) is 14.2 Å². The van der Waals surface area contributed by atoms with Crippen LogP contribution in [0.3, 0.4) is 0 Å². The maximum absolute atomic E-state index is 12.3. The third-order valence-electron chi connectivity index (χ3n) is 6.73. The van der Waals surface area contributed by atoms with E-state index in [0.29, 0.717) is 24.3 Å². The molecule has 2 aliphatic rings. The van der Waals surface area contributed by atoms with Crippen molar-refractivity contribution in [1.82, 2.24) is 10.2 Å². The molecule has 0 unspecified atom stereocenters. The summed E-state index contributed by atoms with van der Waals surface area (Å²) in [6.45, 7) is 5.49. The summed E-state index contributed by atoms with van der Waals surface area (Å²) in [5.41, 5.74) is 0.792. The molecule has 0 aromatic heterocycles. The standard InChI is InChI=1S/C29H40N2O10/c1-29(2,3)28(38)40-16-19-9-8-18(15-21(19)41-27-26(37)25(36)20(32)17-39-27)7-5-4-6-13-30-22(33)12-14-31-23(34)10-11-24(31)35/h8-11,15,20,25-27,32,36-37H,4-7,12-14,16-17H2,1-3H3,(H,30,33)/t20-,25+,26-,27+/m1/s1. The molecule has 0 saturated carbocycles. The number of ether oxygens (including phenoxy) is 3. The number of unbranched alkanes of at least 4 members (excludes halogenated alkanes) is 2. The van der Waals surface area contributed by atoms with Gasteiger partial charge in [-0.25, -0.2) is 0 Å². The number of hydrogen-bond acceptors (Lipinski definition) is 10. The van der Waals surface area contributed by atoms with E-state index in [-0.39, 0.29) is 38.1 Å². The van der Waals surface area contributed by atoms with Crippen LogP contribution in [0, 0.1) is 5.41 Å². The zero-order valence-electron chi connectivity index (χ0n) is 23.7. The molecule has 2 heterocycles. The Morgan fingerprint density at radius 2 is 1.76 bits per heavy atom. The molecule has 2 aliphatic heterocycles. The normalized spacial score (nSPS) is 22.6. The molecule has 12 heteroatoms. The zero-order valence-corrected chi connectivity index (χ0v) is 23.7. The molecule has 4 N–H and O–H groups in total. The molecule has 1 aromatic carbocycles. The summed E-state index contributed by atoms with van der Waals surface area (Å²) in [6, 6.07) is 5.43. The van der Waals surface area contributed by atoms with Gasteiger partial charge in [0.2, 0.25) is 12.2 Å². The van der Waals surface area contributed by atoms with Crippen molar-refractivity contribution >= 4 is 23.7 Å². The molecule has 1 aromatic rings. The Bertz CT molecular complexity index is 1110. The number of imide groups is 1. The van der Waals surface area contributed by atoms with Gasteiger partial charge in [0.25, 0.3) is 11.8 Å². The largest absolute Gasteiger partial charge is 0.462 e. The Kier molecular flexibility index (Phi) is 11.4. The molecule has 4 atom stereocenters. The Labute approximate surface area is 239 Å². The molecule has 0 spiro atoms. The molecular weight excluding hydrogens is 536 g/mol. The van der Waals surface area contributed by atoms with Crippen LogP contribution < -0.4 is 10.1 Å². The van der Waals surface area contributed by atoms with Crippen molar-refractivity contribution < 1.29 is 48.7 Å². The minimum Gasteiger partial charge on any atom is -0.462 e. The van der Waals surface area contributed by atoms with E-state index in [9.17, 15) is 34.5 Å². The van der Waals surface area contributed by atoms with Gasteiger partial charge in [-0.3, -0.25) is 24.1 Å². The van der Waals surface area contributed by atoms with Crippen molar-refractivity contribution in [2.75, 3.05) is 19.7 Å². The monoisotopic (exact) mass is 576 g/mol. The first kappa shape index (κ1) is 32.2. The van der Waals surface area contributed by atoms with Crippen molar-refractivity contribution in [3.8, 4) is 5.75 Å². The van der Waals surface area contributed by atoms with Gasteiger partial charge in [0.1, 0.15) is 30.7 Å². The molecule has 0 radical (unpaired) electrons. The van der Waals surface area contributed by atoms with Gasteiger partial charge >= 0.3 is 5.97 Å². The van der Waals surface area contributed by atoms with Gasteiger partial charge in [-0.15, -0.1) is 0 Å². The van der Waals surface area contributed by atoms with Crippen LogP contribution in [0.1, 0.15) is 57.6 Å². The minimum atomic E-state index is -1.48. The molecule has 12 nitrogen and oxygen atoms in total. The van der Waals surface area contributed by atoms with E-state index in [1.807, 2.05) is 6.07 Å². The van der Waals surface area contributed by atoms with Gasteiger partial charge in [-0.05, 0) is 51.7 Å². The van der Waals surface area contributed by atoms with Crippen molar-refractivity contribution in [3.63, 3.8) is 0 Å². The number of nitrogens with zero attached hydrogens (tertiary/aromatic N) is 1. The zero-order chi connectivity index (χ0) is 30.2. The van der Waals surface area contributed by atoms with Crippen LogP contribution in [0.15, 0.2) is 30.4 Å². The first-order valence-electron chi connectivity index (χ1n) is 13.8. The van der Waals surface area contributed by atoms with Crippen LogP contribution in [0.5, 0.6) is 5.75 Å². The Balaban J connectivity index is 1.49. The maximum Gasteiger partial charge on any atom is 0.311 e. The van der Waals surface area contributed by atoms with Gasteiger partial charge in [0, 0.05) is 37.2 Å². The molecule has 3 amide bonds. The highest BCUT2D eigenvalue weighted by atomic mass is 16.7. The second-order valence-electron chi connectivity index (χ2n) is 11.2. The highest BCUT2D eigenvalue weighted by Crippen LogP contribution is 2.28. The van der Waals surface area contributed by atoms with Gasteiger partial charge in [-0.2, -0.15) is 0 Å². The lowest BCUT2D eigenvalue weighted by atomic mass is 9.97. The number of aliphatic hydroxyl groups is 3. The number of nitrogens with one attached hydrogen (secondary N) is 1. The summed E-state index contributed by atoms with van der Waals surface area (Å²) in [7, 11) is 0. The van der Waals surface area contributed by atoms with Crippen molar-refractivity contribution in [1.29, 1.82) is 0 Å². The number of aliphatic hydroxyl groups excluding tert-OH is 3. The first-order chi connectivity index (χ1) is 19.4. The summed E-state index contributed by atoms with van der Waals surface area (Å²) < 4.78 is 16.7. The SMILES string of the molecule is CC(C)(C)C(=O)OCc1ccc(CCCCCNC(=O)CCN2C(=O)C=CC2=O)cc1O[C@@H]1OC[C@@H](O)[C@H](O)[C@H]1O. The number of carbonyl (C=O) groups excluding carboxylic acids is 4. The fraction of sp³-hybridized carbons (Fsp3) is 0.586. The quantitative estimate of drug-likeness (QED) is 0.149. The summed E-state index contributed by atoms with van der Waals surface area (Å²) in [6.07, 6.45) is 0.126. The number of benzene rings is 1. The average molecular weight is 577 g/mol. The topological polar surface area (TPSA) is 172 Å². The van der Waals surface area contributed by atoms with Crippen molar-refractivity contribution in [2.45, 2.75) is 84.1 Å². The lowest BCUT2D eigenvalue weighted by Crippen LogP contribution is -2.54. The Morgan fingerprint density at radius 1 is 1.05 bits per heavy atom. The van der Waals surface area contributed by atoms with Crippen LogP contribution in [0.2, 0.25) is 0 Å².